The quantitative estimate of drug-likeness (QED) is 0.817. The number of carboxylic acid groups (broad SMARTS) is 1. The standard InChI is InChI=1S/C11H15N3O2/c1-11(2)4-6-14(7-11)10-12-5-3-8(13-10)9(15)16/h3,5H,4,6-7H2,1-2H3,(H,15,16). The molecule has 2 heterocycles. The Kier molecular flexibility index (Phi) is 2.53. The van der Waals surface area contributed by atoms with Crippen molar-refractivity contribution in [1.82, 2.24) is 9.97 Å². The Labute approximate surface area is 94.1 Å². The fourth-order valence-corrected chi connectivity index (χ4v) is 1.90. The van der Waals surface area contributed by atoms with Crippen LogP contribution in [-0.4, -0.2) is 34.1 Å². The number of anilines is 1. The Hall–Kier alpha value is -1.65. The van der Waals surface area contributed by atoms with Crippen LogP contribution in [0.25, 0.3) is 0 Å². The molecule has 1 N–H and O–H groups in total. The lowest BCUT2D eigenvalue weighted by atomic mass is 9.93. The van der Waals surface area contributed by atoms with Crippen molar-refractivity contribution < 1.29 is 9.90 Å². The molecule has 1 aromatic heterocycles. The normalized spacial score (nSPS) is 18.8. The third-order valence-electron chi connectivity index (χ3n) is 2.82. The summed E-state index contributed by atoms with van der Waals surface area (Å²) in [4.78, 5) is 21.0. The largest absolute Gasteiger partial charge is 0.477 e. The maximum Gasteiger partial charge on any atom is 0.354 e. The Balaban J connectivity index is 2.22. The highest BCUT2D eigenvalue weighted by atomic mass is 16.4. The van der Waals surface area contributed by atoms with Crippen molar-refractivity contribution in [3.63, 3.8) is 0 Å². The van der Waals surface area contributed by atoms with Crippen LogP contribution in [0.2, 0.25) is 0 Å². The van der Waals surface area contributed by atoms with Gasteiger partial charge in [0.1, 0.15) is 0 Å². The van der Waals surface area contributed by atoms with Gasteiger partial charge in [-0.05, 0) is 17.9 Å². The Bertz CT molecular complexity index is 417. The zero-order chi connectivity index (χ0) is 11.8. The molecule has 1 aromatic rings. The second-order valence-corrected chi connectivity index (χ2v) is 4.88. The SMILES string of the molecule is CC1(C)CCN(c2nccc(C(=O)O)n2)C1. The number of nitrogens with zero attached hydrogens (tertiary/aromatic N) is 3. The first-order valence-corrected chi connectivity index (χ1v) is 5.29. The topological polar surface area (TPSA) is 66.3 Å². The lowest BCUT2D eigenvalue weighted by molar-refractivity contribution is 0.0690. The average Bonchev–Trinajstić information content (AvgIpc) is 2.59. The Morgan fingerprint density at radius 1 is 1.56 bits per heavy atom. The highest BCUT2D eigenvalue weighted by Gasteiger charge is 2.30. The monoisotopic (exact) mass is 221 g/mol. The van der Waals surface area contributed by atoms with Crippen molar-refractivity contribution in [2.75, 3.05) is 18.0 Å². The van der Waals surface area contributed by atoms with E-state index in [1.54, 1.807) is 0 Å². The van der Waals surface area contributed by atoms with Crippen LogP contribution in [-0.2, 0) is 0 Å². The second kappa shape index (κ2) is 3.73. The first-order chi connectivity index (χ1) is 7.48. The molecule has 0 aliphatic carbocycles. The summed E-state index contributed by atoms with van der Waals surface area (Å²) in [5, 5.41) is 8.85. The van der Waals surface area contributed by atoms with Gasteiger partial charge in [0.25, 0.3) is 0 Å². The van der Waals surface area contributed by atoms with E-state index in [9.17, 15) is 4.79 Å². The van der Waals surface area contributed by atoms with Gasteiger partial charge in [-0.2, -0.15) is 0 Å². The van der Waals surface area contributed by atoms with Gasteiger partial charge in [0.2, 0.25) is 5.95 Å². The molecular formula is C11H15N3O2. The molecule has 0 unspecified atom stereocenters. The van der Waals surface area contributed by atoms with Crippen LogP contribution in [0.5, 0.6) is 0 Å². The predicted molar refractivity (Wildman–Crippen MR) is 59.6 cm³/mol. The molecule has 0 radical (unpaired) electrons. The molecule has 0 amide bonds. The summed E-state index contributed by atoms with van der Waals surface area (Å²) in [7, 11) is 0. The lowest BCUT2D eigenvalue weighted by Crippen LogP contribution is -2.25. The fraction of sp³-hybridized carbons (Fsp3) is 0.545. The molecule has 0 aromatic carbocycles. The molecule has 0 spiro atoms. The van der Waals surface area contributed by atoms with Crippen molar-refractivity contribution in [3.05, 3.63) is 18.0 Å². The minimum absolute atomic E-state index is 0.0507. The van der Waals surface area contributed by atoms with Gasteiger partial charge < -0.3 is 10.0 Å². The molecule has 0 bridgehead atoms. The predicted octanol–water partition coefficient (Wildman–Crippen LogP) is 1.41. The summed E-state index contributed by atoms with van der Waals surface area (Å²) in [5.41, 5.74) is 0.303. The summed E-state index contributed by atoms with van der Waals surface area (Å²) in [6.45, 7) is 6.13. The molecule has 1 fully saturated rings. The van der Waals surface area contributed by atoms with E-state index in [0.29, 0.717) is 5.95 Å². The van der Waals surface area contributed by atoms with E-state index in [2.05, 4.69) is 23.8 Å². The zero-order valence-corrected chi connectivity index (χ0v) is 9.47. The molecule has 2 rings (SSSR count). The van der Waals surface area contributed by atoms with E-state index in [-0.39, 0.29) is 11.1 Å². The first kappa shape index (κ1) is 10.9. The number of aromatic carboxylic acids is 1. The number of hydrogen-bond acceptors (Lipinski definition) is 4. The van der Waals surface area contributed by atoms with E-state index < -0.39 is 5.97 Å². The third kappa shape index (κ3) is 2.13. The third-order valence-corrected chi connectivity index (χ3v) is 2.82. The maximum absolute atomic E-state index is 10.8. The summed E-state index contributed by atoms with van der Waals surface area (Å²) in [6.07, 6.45) is 2.57. The fourth-order valence-electron chi connectivity index (χ4n) is 1.90. The number of carbonyl (C=O) groups is 1. The lowest BCUT2D eigenvalue weighted by Gasteiger charge is -2.19. The van der Waals surface area contributed by atoms with Crippen LogP contribution in [0.15, 0.2) is 12.3 Å². The second-order valence-electron chi connectivity index (χ2n) is 4.88. The number of rotatable bonds is 2. The molecule has 1 aliphatic rings. The van der Waals surface area contributed by atoms with Gasteiger partial charge >= 0.3 is 5.97 Å². The molecule has 0 atom stereocenters. The highest BCUT2D eigenvalue weighted by molar-refractivity contribution is 5.85. The molecule has 1 saturated heterocycles. The molecule has 5 nitrogen and oxygen atoms in total. The minimum atomic E-state index is -1.01. The molecule has 1 aliphatic heterocycles. The van der Waals surface area contributed by atoms with Crippen molar-refractivity contribution in [3.8, 4) is 0 Å². The van der Waals surface area contributed by atoms with Crippen LogP contribution >= 0.6 is 0 Å². The first-order valence-electron chi connectivity index (χ1n) is 5.29. The maximum atomic E-state index is 10.8. The smallest absolute Gasteiger partial charge is 0.354 e. The summed E-state index contributed by atoms with van der Waals surface area (Å²) in [5.74, 6) is -0.493. The minimum Gasteiger partial charge on any atom is -0.477 e. The summed E-state index contributed by atoms with van der Waals surface area (Å²) in [6, 6.07) is 1.41. The Morgan fingerprint density at radius 3 is 2.88 bits per heavy atom. The van der Waals surface area contributed by atoms with E-state index in [4.69, 9.17) is 5.11 Å². The van der Waals surface area contributed by atoms with Crippen molar-refractivity contribution >= 4 is 11.9 Å². The highest BCUT2D eigenvalue weighted by Crippen LogP contribution is 2.30. The average molecular weight is 221 g/mol. The number of aromatic nitrogens is 2. The van der Waals surface area contributed by atoms with Crippen LogP contribution in [0.1, 0.15) is 30.8 Å². The van der Waals surface area contributed by atoms with E-state index in [1.165, 1.54) is 12.3 Å². The molecule has 0 saturated carbocycles. The van der Waals surface area contributed by atoms with Gasteiger partial charge in [-0.25, -0.2) is 14.8 Å². The van der Waals surface area contributed by atoms with Crippen LogP contribution in [0.4, 0.5) is 5.95 Å². The van der Waals surface area contributed by atoms with Gasteiger partial charge in [0.15, 0.2) is 5.69 Å². The molecule has 86 valence electrons. The van der Waals surface area contributed by atoms with Crippen LogP contribution in [0.3, 0.4) is 0 Å². The van der Waals surface area contributed by atoms with Gasteiger partial charge in [0.05, 0.1) is 0 Å². The zero-order valence-electron chi connectivity index (χ0n) is 9.47. The number of hydrogen-bond donors (Lipinski definition) is 1. The van der Waals surface area contributed by atoms with Crippen molar-refractivity contribution in [2.45, 2.75) is 20.3 Å². The number of carboxylic acids is 1. The van der Waals surface area contributed by atoms with E-state index in [1.807, 2.05) is 4.90 Å². The molecule has 16 heavy (non-hydrogen) atoms. The van der Waals surface area contributed by atoms with Gasteiger partial charge in [0, 0.05) is 19.3 Å². The van der Waals surface area contributed by atoms with Gasteiger partial charge in [-0.15, -0.1) is 0 Å². The van der Waals surface area contributed by atoms with Crippen molar-refractivity contribution in [1.29, 1.82) is 0 Å². The summed E-state index contributed by atoms with van der Waals surface area (Å²) < 4.78 is 0. The van der Waals surface area contributed by atoms with E-state index >= 15 is 0 Å². The van der Waals surface area contributed by atoms with Crippen LogP contribution in [0, 0.1) is 5.41 Å². The van der Waals surface area contributed by atoms with Gasteiger partial charge in [-0.1, -0.05) is 13.8 Å². The molecular weight excluding hydrogens is 206 g/mol. The van der Waals surface area contributed by atoms with E-state index in [0.717, 1.165) is 19.5 Å². The van der Waals surface area contributed by atoms with Crippen molar-refractivity contribution in [2.24, 2.45) is 5.41 Å². The van der Waals surface area contributed by atoms with Gasteiger partial charge in [-0.3, -0.25) is 0 Å². The Morgan fingerprint density at radius 2 is 2.31 bits per heavy atom. The molecule has 5 heteroatoms. The summed E-state index contributed by atoms with van der Waals surface area (Å²) >= 11 is 0. The van der Waals surface area contributed by atoms with Crippen LogP contribution < -0.4 is 4.90 Å².